The lowest BCUT2D eigenvalue weighted by molar-refractivity contribution is -0.143. The van der Waals surface area contributed by atoms with Crippen LogP contribution in [0, 0.1) is 5.41 Å². The van der Waals surface area contributed by atoms with Gasteiger partial charge >= 0.3 is 0 Å². The molecule has 4 aromatic rings. The highest BCUT2D eigenvalue weighted by molar-refractivity contribution is 7.16. The first kappa shape index (κ1) is 20.3. The number of benzene rings is 1. The maximum atomic E-state index is 12.5. The quantitative estimate of drug-likeness (QED) is 0.353. The Labute approximate surface area is 188 Å². The summed E-state index contributed by atoms with van der Waals surface area (Å²) in [6.07, 6.45) is 4.98. The molecule has 0 spiro atoms. The van der Waals surface area contributed by atoms with Gasteiger partial charge in [0, 0.05) is 24.5 Å². The highest BCUT2D eigenvalue weighted by Crippen LogP contribution is 2.31. The lowest BCUT2D eigenvalue weighted by Gasteiger charge is -2.31. The minimum Gasteiger partial charge on any atom is -0.340 e. The van der Waals surface area contributed by atoms with Crippen LogP contribution in [0.4, 0.5) is 11.5 Å². The van der Waals surface area contributed by atoms with Crippen LogP contribution in [0.3, 0.4) is 0 Å². The zero-order valence-corrected chi connectivity index (χ0v) is 18.6. The summed E-state index contributed by atoms with van der Waals surface area (Å²) in [6.45, 7) is 4.35. The molecule has 0 aliphatic carbocycles. The van der Waals surface area contributed by atoms with E-state index in [0.717, 1.165) is 44.0 Å². The van der Waals surface area contributed by atoms with E-state index in [1.807, 2.05) is 29.8 Å². The number of hydrogen-bond acceptors (Lipinski definition) is 7. The molecular formula is C23H22N6O2S. The number of carbonyl (C=O) groups excluding carboxylic acids is 2. The number of fused-ring (bicyclic) bond motifs is 2. The van der Waals surface area contributed by atoms with Crippen LogP contribution in [0.2, 0.25) is 0 Å². The molecule has 1 aliphatic rings. The Balaban J connectivity index is 1.39. The Kier molecular flexibility index (Phi) is 4.97. The van der Waals surface area contributed by atoms with Crippen molar-refractivity contribution in [2.45, 2.75) is 20.3 Å². The molecule has 8 nitrogen and oxygen atoms in total. The van der Waals surface area contributed by atoms with Gasteiger partial charge in [-0.05, 0) is 50.1 Å². The first-order valence-electron chi connectivity index (χ1n) is 10.3. The Morgan fingerprint density at radius 2 is 2.12 bits per heavy atom. The normalized spacial score (nSPS) is 14.6. The zero-order valence-electron chi connectivity index (χ0n) is 17.8. The molecule has 0 fully saturated rings. The second-order valence-electron chi connectivity index (χ2n) is 8.40. The van der Waals surface area contributed by atoms with Crippen molar-refractivity contribution in [2.24, 2.45) is 5.41 Å². The number of rotatable bonds is 5. The van der Waals surface area contributed by atoms with E-state index in [-0.39, 0.29) is 5.91 Å². The number of aldehydes is 1. The number of hydrogen-bond donors (Lipinski definition) is 2. The van der Waals surface area contributed by atoms with E-state index < -0.39 is 5.41 Å². The maximum absolute atomic E-state index is 12.5. The molecule has 4 heterocycles. The van der Waals surface area contributed by atoms with Gasteiger partial charge in [-0.25, -0.2) is 15.0 Å². The second kappa shape index (κ2) is 7.83. The van der Waals surface area contributed by atoms with Gasteiger partial charge in [0.15, 0.2) is 0 Å². The average molecular weight is 447 g/mol. The van der Waals surface area contributed by atoms with Crippen LogP contribution in [-0.4, -0.2) is 50.1 Å². The average Bonchev–Trinajstić information content (AvgIpc) is 3.46. The SMILES string of the molecule is CC(C)(C=O)C(=O)N1CC=C(c2cc3c(Nc4ccc5ncsc5c4)ncnc3[nH]2)CC1. The number of aromatic amines is 1. The van der Waals surface area contributed by atoms with Crippen LogP contribution in [0.5, 0.6) is 0 Å². The molecule has 0 saturated carbocycles. The van der Waals surface area contributed by atoms with E-state index in [9.17, 15) is 9.59 Å². The molecule has 1 amide bonds. The molecule has 0 saturated heterocycles. The minimum atomic E-state index is -0.995. The van der Waals surface area contributed by atoms with Crippen LogP contribution in [-0.2, 0) is 9.59 Å². The fourth-order valence-corrected chi connectivity index (χ4v) is 4.55. The van der Waals surface area contributed by atoms with Gasteiger partial charge in [-0.3, -0.25) is 4.79 Å². The van der Waals surface area contributed by atoms with E-state index in [2.05, 4.69) is 31.3 Å². The Morgan fingerprint density at radius 1 is 1.25 bits per heavy atom. The molecular weight excluding hydrogens is 424 g/mol. The van der Waals surface area contributed by atoms with Gasteiger partial charge in [-0.2, -0.15) is 0 Å². The molecule has 5 rings (SSSR count). The molecule has 0 atom stereocenters. The Bertz CT molecular complexity index is 1370. The second-order valence-corrected chi connectivity index (χ2v) is 9.28. The van der Waals surface area contributed by atoms with Crippen molar-refractivity contribution >= 4 is 61.9 Å². The summed E-state index contributed by atoms with van der Waals surface area (Å²) in [5, 5.41) is 4.29. The summed E-state index contributed by atoms with van der Waals surface area (Å²) < 4.78 is 1.11. The van der Waals surface area contributed by atoms with Gasteiger partial charge in [-0.15, -0.1) is 11.3 Å². The third-order valence-electron chi connectivity index (χ3n) is 5.71. The molecule has 1 aromatic carbocycles. The first-order chi connectivity index (χ1) is 15.4. The maximum Gasteiger partial charge on any atom is 0.235 e. The molecule has 32 heavy (non-hydrogen) atoms. The number of nitrogens with zero attached hydrogens (tertiary/aromatic N) is 4. The predicted octanol–water partition coefficient (Wildman–Crippen LogP) is 4.15. The van der Waals surface area contributed by atoms with Gasteiger partial charge in [0.25, 0.3) is 0 Å². The smallest absolute Gasteiger partial charge is 0.235 e. The standard InChI is InChI=1S/C23H22N6O2S/c1-23(2,11-30)22(31)29-7-5-14(6-8-29)18-10-16-20(24-12-25-21(16)28-18)27-15-3-4-17-19(9-15)32-13-26-17/h3-5,9-13H,6-8H2,1-2H3,(H2,24,25,27,28). The summed E-state index contributed by atoms with van der Waals surface area (Å²) in [5.74, 6) is 0.581. The fourth-order valence-electron chi connectivity index (χ4n) is 3.84. The summed E-state index contributed by atoms with van der Waals surface area (Å²) in [6, 6.07) is 8.08. The Morgan fingerprint density at radius 3 is 2.91 bits per heavy atom. The monoisotopic (exact) mass is 446 g/mol. The van der Waals surface area contributed by atoms with Crippen molar-refractivity contribution in [1.82, 2.24) is 24.8 Å². The summed E-state index contributed by atoms with van der Waals surface area (Å²) in [4.78, 5) is 42.0. The van der Waals surface area contributed by atoms with Crippen molar-refractivity contribution in [2.75, 3.05) is 18.4 Å². The zero-order chi connectivity index (χ0) is 22.3. The number of H-pyrrole nitrogens is 1. The minimum absolute atomic E-state index is 0.144. The fraction of sp³-hybridized carbons (Fsp3) is 0.261. The number of thiazole rings is 1. The number of anilines is 2. The summed E-state index contributed by atoms with van der Waals surface area (Å²) in [5.41, 5.74) is 5.58. The van der Waals surface area contributed by atoms with Crippen molar-refractivity contribution in [3.05, 3.63) is 47.9 Å². The lowest BCUT2D eigenvalue weighted by atomic mass is 9.92. The van der Waals surface area contributed by atoms with Crippen molar-refractivity contribution < 1.29 is 9.59 Å². The van der Waals surface area contributed by atoms with Gasteiger partial charge in [0.2, 0.25) is 5.91 Å². The molecule has 1 aliphatic heterocycles. The molecule has 2 N–H and O–H groups in total. The number of aromatic nitrogens is 4. The molecule has 0 bridgehead atoms. The van der Waals surface area contributed by atoms with Crippen LogP contribution in [0.1, 0.15) is 26.0 Å². The first-order valence-corrected chi connectivity index (χ1v) is 11.2. The highest BCUT2D eigenvalue weighted by atomic mass is 32.1. The number of amides is 1. The molecule has 0 radical (unpaired) electrons. The van der Waals surface area contributed by atoms with Crippen molar-refractivity contribution in [3.8, 4) is 0 Å². The third-order valence-corrected chi connectivity index (χ3v) is 6.50. The number of nitrogens with one attached hydrogen (secondary N) is 2. The van der Waals surface area contributed by atoms with Crippen LogP contribution < -0.4 is 5.32 Å². The van der Waals surface area contributed by atoms with Gasteiger partial charge < -0.3 is 20.0 Å². The predicted molar refractivity (Wildman–Crippen MR) is 126 cm³/mol. The van der Waals surface area contributed by atoms with Gasteiger partial charge in [-0.1, -0.05) is 6.08 Å². The van der Waals surface area contributed by atoms with Gasteiger partial charge in [0.1, 0.15) is 24.1 Å². The molecule has 9 heteroatoms. The lowest BCUT2D eigenvalue weighted by Crippen LogP contribution is -2.43. The summed E-state index contributed by atoms with van der Waals surface area (Å²) in [7, 11) is 0. The van der Waals surface area contributed by atoms with E-state index in [4.69, 9.17) is 0 Å². The van der Waals surface area contributed by atoms with Crippen LogP contribution in [0.15, 0.2) is 42.2 Å². The molecule has 0 unspecified atom stereocenters. The largest absolute Gasteiger partial charge is 0.340 e. The van der Waals surface area contributed by atoms with Crippen LogP contribution in [0.25, 0.3) is 26.8 Å². The van der Waals surface area contributed by atoms with E-state index in [0.29, 0.717) is 25.8 Å². The topological polar surface area (TPSA) is 104 Å². The van der Waals surface area contributed by atoms with Crippen molar-refractivity contribution in [3.63, 3.8) is 0 Å². The molecule has 3 aromatic heterocycles. The van der Waals surface area contributed by atoms with E-state index in [1.165, 1.54) is 6.33 Å². The summed E-state index contributed by atoms with van der Waals surface area (Å²) >= 11 is 1.60. The van der Waals surface area contributed by atoms with Gasteiger partial charge in [0.05, 0.1) is 26.5 Å². The van der Waals surface area contributed by atoms with Crippen LogP contribution >= 0.6 is 11.3 Å². The molecule has 162 valence electrons. The highest BCUT2D eigenvalue weighted by Gasteiger charge is 2.32. The van der Waals surface area contributed by atoms with E-state index in [1.54, 1.807) is 30.1 Å². The van der Waals surface area contributed by atoms with E-state index >= 15 is 0 Å². The third kappa shape index (κ3) is 3.64. The Hall–Kier alpha value is -3.59. The van der Waals surface area contributed by atoms with Crippen molar-refractivity contribution in [1.29, 1.82) is 0 Å². The number of carbonyl (C=O) groups is 2.